The summed E-state index contributed by atoms with van der Waals surface area (Å²) in [6.07, 6.45) is -3.07. The van der Waals surface area contributed by atoms with Crippen molar-refractivity contribution in [2.45, 2.75) is 11.3 Å². The molecular formula is C7H4BrF2N3O2S. The van der Waals surface area contributed by atoms with E-state index in [9.17, 15) is 17.2 Å². The SMILES string of the molecule is N#Cc1cc(S(N)(=O)=O)c(C(F)F)c(Br)n1. The molecule has 0 aliphatic heterocycles. The number of nitriles is 1. The summed E-state index contributed by atoms with van der Waals surface area (Å²) in [6.45, 7) is 0. The number of sulfonamides is 1. The van der Waals surface area contributed by atoms with Crippen LogP contribution in [0.25, 0.3) is 0 Å². The fourth-order valence-corrected chi connectivity index (χ4v) is 2.47. The molecule has 0 aromatic carbocycles. The molecule has 2 N–H and O–H groups in total. The number of nitrogens with zero attached hydrogens (tertiary/aromatic N) is 2. The van der Waals surface area contributed by atoms with Gasteiger partial charge in [0, 0.05) is 0 Å². The van der Waals surface area contributed by atoms with Gasteiger partial charge in [-0.15, -0.1) is 0 Å². The second-order valence-electron chi connectivity index (χ2n) is 2.67. The quantitative estimate of drug-likeness (QED) is 0.832. The first-order chi connectivity index (χ1) is 7.27. The van der Waals surface area contributed by atoms with Crippen LogP contribution in [0.5, 0.6) is 0 Å². The molecule has 0 saturated heterocycles. The highest BCUT2D eigenvalue weighted by molar-refractivity contribution is 9.10. The first-order valence-corrected chi connectivity index (χ1v) is 6.02. The predicted octanol–water partition coefficient (Wildman–Crippen LogP) is 1.30. The summed E-state index contributed by atoms with van der Waals surface area (Å²) in [5.41, 5.74) is -1.16. The van der Waals surface area contributed by atoms with Crippen molar-refractivity contribution in [3.63, 3.8) is 0 Å². The summed E-state index contributed by atoms with van der Waals surface area (Å²) in [4.78, 5) is 2.64. The highest BCUT2D eigenvalue weighted by Gasteiger charge is 2.25. The van der Waals surface area contributed by atoms with Crippen LogP contribution in [-0.4, -0.2) is 13.4 Å². The molecular weight excluding hydrogens is 308 g/mol. The Balaban J connectivity index is 3.69. The maximum Gasteiger partial charge on any atom is 0.267 e. The Bertz CT molecular complexity index is 568. The van der Waals surface area contributed by atoms with Crippen LogP contribution in [0.15, 0.2) is 15.6 Å². The summed E-state index contributed by atoms with van der Waals surface area (Å²) in [5.74, 6) is 0. The minimum Gasteiger partial charge on any atom is -0.230 e. The van der Waals surface area contributed by atoms with E-state index in [0.717, 1.165) is 0 Å². The lowest BCUT2D eigenvalue weighted by Gasteiger charge is -2.08. The van der Waals surface area contributed by atoms with Crippen LogP contribution in [0.1, 0.15) is 17.7 Å². The molecule has 86 valence electrons. The number of rotatable bonds is 2. The van der Waals surface area contributed by atoms with E-state index in [0.29, 0.717) is 6.07 Å². The Morgan fingerprint density at radius 1 is 1.56 bits per heavy atom. The van der Waals surface area contributed by atoms with Crippen molar-refractivity contribution in [2.75, 3.05) is 0 Å². The van der Waals surface area contributed by atoms with Gasteiger partial charge in [0.25, 0.3) is 6.43 Å². The molecule has 0 saturated carbocycles. The largest absolute Gasteiger partial charge is 0.267 e. The lowest BCUT2D eigenvalue weighted by Crippen LogP contribution is -2.16. The van der Waals surface area contributed by atoms with Gasteiger partial charge in [-0.3, -0.25) is 0 Å². The Hall–Kier alpha value is -1.11. The van der Waals surface area contributed by atoms with Gasteiger partial charge in [-0.2, -0.15) is 5.26 Å². The van der Waals surface area contributed by atoms with Crippen molar-refractivity contribution >= 4 is 26.0 Å². The van der Waals surface area contributed by atoms with Crippen LogP contribution in [-0.2, 0) is 10.0 Å². The molecule has 0 radical (unpaired) electrons. The molecule has 0 bridgehead atoms. The molecule has 1 aromatic rings. The van der Waals surface area contributed by atoms with E-state index in [4.69, 9.17) is 10.4 Å². The number of aromatic nitrogens is 1. The number of pyridine rings is 1. The second-order valence-corrected chi connectivity index (χ2v) is 4.95. The zero-order chi connectivity index (χ0) is 12.5. The lowest BCUT2D eigenvalue weighted by atomic mass is 10.2. The average Bonchev–Trinajstić information content (AvgIpc) is 2.14. The van der Waals surface area contributed by atoms with Gasteiger partial charge >= 0.3 is 0 Å². The van der Waals surface area contributed by atoms with Gasteiger partial charge in [0.1, 0.15) is 16.4 Å². The third-order valence-electron chi connectivity index (χ3n) is 1.61. The molecule has 0 fully saturated rings. The predicted molar refractivity (Wildman–Crippen MR) is 53.0 cm³/mol. The van der Waals surface area contributed by atoms with E-state index in [1.165, 1.54) is 0 Å². The molecule has 0 atom stereocenters. The fourth-order valence-electron chi connectivity index (χ4n) is 0.992. The van der Waals surface area contributed by atoms with E-state index >= 15 is 0 Å². The normalized spacial score (nSPS) is 11.5. The monoisotopic (exact) mass is 311 g/mol. The number of halogens is 3. The van der Waals surface area contributed by atoms with E-state index in [1.807, 2.05) is 0 Å². The molecule has 0 spiro atoms. The van der Waals surface area contributed by atoms with Crippen LogP contribution in [0, 0.1) is 11.3 Å². The topological polar surface area (TPSA) is 96.8 Å². The smallest absolute Gasteiger partial charge is 0.230 e. The number of nitrogens with two attached hydrogens (primary N) is 1. The van der Waals surface area contributed by atoms with E-state index in [2.05, 4.69) is 20.9 Å². The third kappa shape index (κ3) is 2.52. The van der Waals surface area contributed by atoms with Crippen molar-refractivity contribution in [2.24, 2.45) is 5.14 Å². The van der Waals surface area contributed by atoms with Gasteiger partial charge in [-0.1, -0.05) is 0 Å². The first-order valence-electron chi connectivity index (χ1n) is 3.69. The maximum atomic E-state index is 12.6. The van der Waals surface area contributed by atoms with Crippen LogP contribution in [0.4, 0.5) is 8.78 Å². The summed E-state index contributed by atoms with van der Waals surface area (Å²) in [5, 5.41) is 13.3. The lowest BCUT2D eigenvalue weighted by molar-refractivity contribution is 0.146. The van der Waals surface area contributed by atoms with Crippen molar-refractivity contribution in [3.8, 4) is 6.07 Å². The van der Waals surface area contributed by atoms with Gasteiger partial charge in [-0.25, -0.2) is 27.3 Å². The molecule has 9 heteroatoms. The Labute approximate surface area is 98.1 Å². The second kappa shape index (κ2) is 4.40. The highest BCUT2D eigenvalue weighted by Crippen LogP contribution is 2.31. The fraction of sp³-hybridized carbons (Fsp3) is 0.143. The number of hydrogen-bond acceptors (Lipinski definition) is 4. The zero-order valence-electron chi connectivity index (χ0n) is 7.49. The molecule has 1 rings (SSSR count). The molecule has 16 heavy (non-hydrogen) atoms. The standard InChI is InChI=1S/C7H4BrF2N3O2S/c8-6-5(7(9)10)4(16(12,14)15)1-3(2-11)13-6/h1,7H,(H2,12,14,15). The van der Waals surface area contributed by atoms with Gasteiger partial charge in [0.05, 0.1) is 10.5 Å². The highest BCUT2D eigenvalue weighted by atomic mass is 79.9. The Kier molecular flexibility index (Phi) is 3.57. The van der Waals surface area contributed by atoms with E-state index in [1.54, 1.807) is 6.07 Å². The molecule has 0 unspecified atom stereocenters. The molecule has 5 nitrogen and oxygen atoms in total. The summed E-state index contributed by atoms with van der Waals surface area (Å²) < 4.78 is 46.9. The molecule has 0 aliphatic rings. The summed E-state index contributed by atoms with van der Waals surface area (Å²) >= 11 is 2.67. The van der Waals surface area contributed by atoms with Gasteiger partial charge < -0.3 is 0 Å². The van der Waals surface area contributed by atoms with Crippen LogP contribution >= 0.6 is 15.9 Å². The molecule has 1 aromatic heterocycles. The molecule has 0 aliphatic carbocycles. The summed E-state index contributed by atoms with van der Waals surface area (Å²) in [6, 6.07) is 2.25. The van der Waals surface area contributed by atoms with Gasteiger partial charge in [0.15, 0.2) is 0 Å². The van der Waals surface area contributed by atoms with Crippen LogP contribution in [0.3, 0.4) is 0 Å². The Morgan fingerprint density at radius 2 is 2.12 bits per heavy atom. The van der Waals surface area contributed by atoms with Gasteiger partial charge in [0.2, 0.25) is 10.0 Å². The minimum absolute atomic E-state index is 0.319. The summed E-state index contributed by atoms with van der Waals surface area (Å²) in [7, 11) is -4.33. The number of hydrogen-bond donors (Lipinski definition) is 1. The average molecular weight is 312 g/mol. The number of alkyl halides is 2. The van der Waals surface area contributed by atoms with Gasteiger partial charge in [-0.05, 0) is 22.0 Å². The van der Waals surface area contributed by atoms with Crippen LogP contribution in [0.2, 0.25) is 0 Å². The zero-order valence-corrected chi connectivity index (χ0v) is 9.89. The molecule has 0 amide bonds. The Morgan fingerprint density at radius 3 is 2.50 bits per heavy atom. The van der Waals surface area contributed by atoms with Crippen molar-refractivity contribution in [1.29, 1.82) is 5.26 Å². The first kappa shape index (κ1) is 13.0. The minimum atomic E-state index is -4.33. The number of primary sulfonamides is 1. The van der Waals surface area contributed by atoms with E-state index in [-0.39, 0.29) is 5.69 Å². The van der Waals surface area contributed by atoms with Crippen molar-refractivity contribution in [3.05, 3.63) is 21.9 Å². The van der Waals surface area contributed by atoms with Crippen LogP contribution < -0.4 is 5.14 Å². The maximum absolute atomic E-state index is 12.6. The van der Waals surface area contributed by atoms with Crippen molar-refractivity contribution < 1.29 is 17.2 Å². The van der Waals surface area contributed by atoms with Crippen molar-refractivity contribution in [1.82, 2.24) is 4.98 Å². The van der Waals surface area contributed by atoms with E-state index < -0.39 is 31.5 Å². The third-order valence-corrected chi connectivity index (χ3v) is 3.17. The molecule has 1 heterocycles.